The Hall–Kier alpha value is -6.43. The quantitative estimate of drug-likeness (QED) is 0.128. The average molecular weight is 994 g/mol. The Labute approximate surface area is 424 Å². The molecular formula is C56H68FN11O5. The first kappa shape index (κ1) is 48.8. The molecule has 4 aliphatic heterocycles. The molecule has 5 fully saturated rings. The predicted molar refractivity (Wildman–Crippen MR) is 280 cm³/mol. The molecule has 5 aliphatic rings. The van der Waals surface area contributed by atoms with Crippen molar-refractivity contribution in [1.29, 1.82) is 0 Å². The third kappa shape index (κ3) is 9.33. The zero-order chi connectivity index (χ0) is 50.8. The molecule has 0 spiro atoms. The van der Waals surface area contributed by atoms with Gasteiger partial charge in [0.1, 0.15) is 17.5 Å². The van der Waals surface area contributed by atoms with Crippen molar-refractivity contribution in [3.05, 3.63) is 122 Å². The monoisotopic (exact) mass is 994 g/mol. The molecule has 3 amide bonds. The molecule has 0 radical (unpaired) electrons. The number of rotatable bonds is 12. The van der Waals surface area contributed by atoms with Gasteiger partial charge in [-0.15, -0.1) is 0 Å². The topological polar surface area (TPSA) is 155 Å². The van der Waals surface area contributed by atoms with E-state index < -0.39 is 11.9 Å². The van der Waals surface area contributed by atoms with Crippen LogP contribution in [-0.4, -0.2) is 126 Å². The molecule has 2 aromatic carbocycles. The second kappa shape index (κ2) is 19.8. The first-order valence-electron chi connectivity index (χ1n) is 26.5. The molecular weight excluding hydrogens is 926 g/mol. The van der Waals surface area contributed by atoms with Gasteiger partial charge in [0, 0.05) is 125 Å². The van der Waals surface area contributed by atoms with Gasteiger partial charge in [-0.2, -0.15) is 0 Å². The standard InChI is InChI=1S/C56H68FN11O5/c1-34-26-40(28-44(57)52(34)39-15-21-63(22-16-39)36(3)48-30-43-45(12-18-59-53(43)61(48)5)66-23-17-41(58-4)29-51(66)70)55(72)64-19-13-37(14-20-64)33-65-25-24-62(31-35(65)2)32-38-6-9-46-49(27-38)67(42-7-8-42)56(73)68(46)47-10-11-50(69)60-54(47)71/h6,9,12,17-18,23,26-30,35-37,39,42,47,58H,7-8,10-11,13-16,19-22,24-25,31-33H2,1-5H3,(H,60,69,71)/t35-,36-,47?/m0/s1. The summed E-state index contributed by atoms with van der Waals surface area (Å²) in [6, 6.07) is 16.9. The van der Waals surface area contributed by atoms with Crippen LogP contribution in [0.1, 0.15) is 122 Å². The fraction of sp³-hybridized carbons (Fsp3) is 0.500. The number of likely N-dealkylation sites (tertiary alicyclic amines) is 2. The lowest BCUT2D eigenvalue weighted by atomic mass is 9.85. The number of aryl methyl sites for hydroxylation is 2. The largest absolute Gasteiger partial charge is 0.388 e. The number of piperazine rings is 1. The number of pyridine rings is 2. The number of benzene rings is 2. The van der Waals surface area contributed by atoms with E-state index in [0.29, 0.717) is 37.0 Å². The van der Waals surface area contributed by atoms with Crippen LogP contribution in [0.2, 0.25) is 0 Å². The molecule has 4 saturated heterocycles. The van der Waals surface area contributed by atoms with Crippen LogP contribution >= 0.6 is 0 Å². The number of aromatic nitrogens is 5. The van der Waals surface area contributed by atoms with Crippen LogP contribution in [0.3, 0.4) is 0 Å². The molecule has 17 heteroatoms. The number of piperidine rings is 3. The van der Waals surface area contributed by atoms with Crippen molar-refractivity contribution in [2.75, 3.05) is 64.7 Å². The number of imide groups is 1. The lowest BCUT2D eigenvalue weighted by Gasteiger charge is -2.42. The van der Waals surface area contributed by atoms with Gasteiger partial charge in [-0.3, -0.25) is 52.9 Å². The van der Waals surface area contributed by atoms with Crippen LogP contribution in [0.15, 0.2) is 76.6 Å². The Morgan fingerprint density at radius 1 is 0.877 bits per heavy atom. The van der Waals surface area contributed by atoms with Crippen molar-refractivity contribution in [1.82, 2.24) is 48.2 Å². The van der Waals surface area contributed by atoms with Crippen molar-refractivity contribution in [2.45, 2.75) is 109 Å². The summed E-state index contributed by atoms with van der Waals surface area (Å²) in [5, 5.41) is 6.36. The Balaban J connectivity index is 0.667. The smallest absolute Gasteiger partial charge is 0.330 e. The molecule has 73 heavy (non-hydrogen) atoms. The summed E-state index contributed by atoms with van der Waals surface area (Å²) >= 11 is 0. The number of hydrogen-bond acceptors (Lipinski definition) is 10. The summed E-state index contributed by atoms with van der Waals surface area (Å²) in [5.74, 6) is -0.544. The van der Waals surface area contributed by atoms with Crippen molar-refractivity contribution in [3.8, 4) is 5.69 Å². The number of fused-ring (bicyclic) bond motifs is 2. The minimum Gasteiger partial charge on any atom is -0.388 e. The van der Waals surface area contributed by atoms with Gasteiger partial charge in [-0.25, -0.2) is 14.2 Å². The van der Waals surface area contributed by atoms with Crippen LogP contribution in [0.5, 0.6) is 0 Å². The fourth-order valence-electron chi connectivity index (χ4n) is 12.7. The van der Waals surface area contributed by atoms with Gasteiger partial charge in [0.2, 0.25) is 11.8 Å². The summed E-state index contributed by atoms with van der Waals surface area (Å²) in [4.78, 5) is 79.6. The lowest BCUT2D eigenvalue weighted by molar-refractivity contribution is -0.135. The number of halogens is 1. The highest BCUT2D eigenvalue weighted by molar-refractivity contribution is 6.00. The third-order valence-corrected chi connectivity index (χ3v) is 17.0. The second-order valence-corrected chi connectivity index (χ2v) is 21.6. The van der Waals surface area contributed by atoms with Gasteiger partial charge in [0.15, 0.2) is 0 Å². The Morgan fingerprint density at radius 3 is 2.36 bits per heavy atom. The van der Waals surface area contributed by atoms with Crippen LogP contribution < -0.4 is 21.9 Å². The molecule has 11 rings (SSSR count). The highest BCUT2D eigenvalue weighted by Gasteiger charge is 2.36. The van der Waals surface area contributed by atoms with Crippen LogP contribution in [-0.2, 0) is 23.2 Å². The normalized spacial score (nSPS) is 21.6. The minimum atomic E-state index is -0.688. The summed E-state index contributed by atoms with van der Waals surface area (Å²) in [6.07, 6.45) is 9.42. The Kier molecular flexibility index (Phi) is 13.2. The summed E-state index contributed by atoms with van der Waals surface area (Å²) in [6.45, 7) is 13.9. The molecule has 1 aliphatic carbocycles. The maximum atomic E-state index is 16.2. The highest BCUT2D eigenvalue weighted by Crippen LogP contribution is 2.39. The molecule has 0 bridgehead atoms. The van der Waals surface area contributed by atoms with Gasteiger partial charge < -0.3 is 14.8 Å². The number of imidazole rings is 1. The molecule has 1 unspecified atom stereocenters. The van der Waals surface area contributed by atoms with E-state index in [4.69, 9.17) is 0 Å². The molecule has 3 atom stereocenters. The molecule has 384 valence electrons. The maximum Gasteiger partial charge on any atom is 0.330 e. The fourth-order valence-corrected chi connectivity index (χ4v) is 12.7. The van der Waals surface area contributed by atoms with E-state index in [-0.39, 0.29) is 53.3 Å². The summed E-state index contributed by atoms with van der Waals surface area (Å²) < 4.78 is 23.5. The molecule has 1 saturated carbocycles. The van der Waals surface area contributed by atoms with Crippen molar-refractivity contribution in [2.24, 2.45) is 13.0 Å². The number of nitrogens with one attached hydrogen (secondary N) is 2. The van der Waals surface area contributed by atoms with Crippen LogP contribution in [0, 0.1) is 18.7 Å². The number of amides is 3. The van der Waals surface area contributed by atoms with E-state index >= 15 is 4.39 Å². The number of anilines is 1. The van der Waals surface area contributed by atoms with E-state index in [1.807, 2.05) is 47.7 Å². The maximum absolute atomic E-state index is 16.2. The molecule has 16 nitrogen and oxygen atoms in total. The molecule has 6 aromatic rings. The zero-order valence-electron chi connectivity index (χ0n) is 42.8. The van der Waals surface area contributed by atoms with Crippen molar-refractivity contribution in [3.63, 3.8) is 0 Å². The van der Waals surface area contributed by atoms with E-state index in [1.165, 1.54) is 6.07 Å². The second-order valence-electron chi connectivity index (χ2n) is 21.6. The van der Waals surface area contributed by atoms with Crippen molar-refractivity contribution < 1.29 is 18.8 Å². The number of nitrogens with zero attached hydrogens (tertiary/aromatic N) is 9. The first-order chi connectivity index (χ1) is 35.2. The predicted octanol–water partition coefficient (Wildman–Crippen LogP) is 6.64. The van der Waals surface area contributed by atoms with Gasteiger partial charge in [-0.1, -0.05) is 6.07 Å². The third-order valence-electron chi connectivity index (χ3n) is 17.0. The zero-order valence-corrected chi connectivity index (χ0v) is 42.8. The van der Waals surface area contributed by atoms with Crippen molar-refractivity contribution >= 4 is 45.5 Å². The number of carbonyl (C=O) groups is 3. The Bertz CT molecular complexity index is 3220. The van der Waals surface area contributed by atoms with E-state index in [0.717, 1.165) is 140 Å². The van der Waals surface area contributed by atoms with E-state index in [1.54, 1.807) is 34.6 Å². The summed E-state index contributed by atoms with van der Waals surface area (Å²) in [5.41, 5.74) is 7.91. The number of hydrogen-bond donors (Lipinski definition) is 2. The van der Waals surface area contributed by atoms with Crippen LogP contribution in [0.25, 0.3) is 27.8 Å². The van der Waals surface area contributed by atoms with Gasteiger partial charge in [-0.05, 0) is 150 Å². The van der Waals surface area contributed by atoms with Crippen LogP contribution in [0.4, 0.5) is 10.1 Å². The van der Waals surface area contributed by atoms with Gasteiger partial charge in [0.05, 0.1) is 16.7 Å². The molecule has 4 aromatic heterocycles. The van der Waals surface area contributed by atoms with E-state index in [2.05, 4.69) is 66.9 Å². The van der Waals surface area contributed by atoms with E-state index in [9.17, 15) is 24.0 Å². The average Bonchev–Trinajstić information content (AvgIpc) is 4.10. The minimum absolute atomic E-state index is 0.0599. The number of carbonyl (C=O) groups excluding carboxylic acids is 3. The lowest BCUT2D eigenvalue weighted by Crippen LogP contribution is -2.53. The first-order valence-corrected chi connectivity index (χ1v) is 26.5. The van der Waals surface area contributed by atoms with Gasteiger partial charge in [0.25, 0.3) is 11.5 Å². The summed E-state index contributed by atoms with van der Waals surface area (Å²) in [7, 11) is 3.82. The SMILES string of the molecule is CNc1ccn(-c2ccnc3c2cc([C@H](C)N2CCC(c4c(C)cc(C(=O)N5CCC(CN6CCN(Cc7ccc8c(c7)n(C7CC7)c(=O)n8C7CCC(=O)NC7=O)C[C@@H]6C)CC5)cc4F)CC2)n3C)c(=O)c1. The molecule has 2 N–H and O–H groups in total. The highest BCUT2D eigenvalue weighted by atomic mass is 19.1. The molecule has 8 heterocycles. The van der Waals surface area contributed by atoms with Gasteiger partial charge >= 0.3 is 5.69 Å². The Morgan fingerprint density at radius 2 is 1.66 bits per heavy atom.